The molecular formula is C23H27BrClFN2O2S. The molecule has 0 aliphatic heterocycles. The molecule has 0 fully saturated rings. The summed E-state index contributed by atoms with van der Waals surface area (Å²) in [6, 6.07) is 11.5. The van der Waals surface area contributed by atoms with Crippen molar-refractivity contribution in [3.05, 3.63) is 68.9 Å². The summed E-state index contributed by atoms with van der Waals surface area (Å²) >= 11 is 10.8. The number of nitrogens with one attached hydrogen (secondary N) is 1. The molecule has 1 atom stereocenters. The first-order chi connectivity index (χ1) is 14.5. The van der Waals surface area contributed by atoms with E-state index in [9.17, 15) is 14.0 Å². The summed E-state index contributed by atoms with van der Waals surface area (Å²) in [6.45, 7) is 7.69. The lowest BCUT2D eigenvalue weighted by Gasteiger charge is -2.31. The molecule has 168 valence electrons. The van der Waals surface area contributed by atoms with Crippen LogP contribution in [0.25, 0.3) is 0 Å². The van der Waals surface area contributed by atoms with Crippen LogP contribution in [-0.4, -0.2) is 34.0 Å². The zero-order valence-electron chi connectivity index (χ0n) is 18.0. The van der Waals surface area contributed by atoms with Crippen LogP contribution in [0.15, 0.2) is 46.9 Å². The van der Waals surface area contributed by atoms with Crippen LogP contribution in [0.3, 0.4) is 0 Å². The highest BCUT2D eigenvalue weighted by molar-refractivity contribution is 9.10. The van der Waals surface area contributed by atoms with Gasteiger partial charge in [0.2, 0.25) is 11.8 Å². The fourth-order valence-corrected chi connectivity index (χ4v) is 4.58. The Labute approximate surface area is 201 Å². The first kappa shape index (κ1) is 25.7. The van der Waals surface area contributed by atoms with Gasteiger partial charge in [-0.05, 0) is 57.5 Å². The first-order valence-electron chi connectivity index (χ1n) is 9.84. The van der Waals surface area contributed by atoms with E-state index in [2.05, 4.69) is 21.2 Å². The summed E-state index contributed by atoms with van der Waals surface area (Å²) < 4.78 is 14.9. The molecular weight excluding hydrogens is 503 g/mol. The van der Waals surface area contributed by atoms with Crippen molar-refractivity contribution in [2.24, 2.45) is 0 Å². The predicted molar refractivity (Wildman–Crippen MR) is 130 cm³/mol. The van der Waals surface area contributed by atoms with Gasteiger partial charge in [-0.15, -0.1) is 11.8 Å². The summed E-state index contributed by atoms with van der Waals surface area (Å²) in [5, 5.41) is 3.27. The highest BCUT2D eigenvalue weighted by Crippen LogP contribution is 2.24. The van der Waals surface area contributed by atoms with E-state index in [0.29, 0.717) is 10.6 Å². The van der Waals surface area contributed by atoms with Crippen molar-refractivity contribution < 1.29 is 14.0 Å². The number of benzene rings is 2. The predicted octanol–water partition coefficient (Wildman–Crippen LogP) is 5.81. The molecule has 8 heteroatoms. The minimum atomic E-state index is -0.664. The van der Waals surface area contributed by atoms with Crippen molar-refractivity contribution in [3.8, 4) is 0 Å². The zero-order chi connectivity index (χ0) is 23.2. The SMILES string of the molecule is CC(C(=O)NC(C)(C)C)N(Cc1cccc(Br)c1)C(=O)CSCc1c(F)cccc1Cl. The van der Waals surface area contributed by atoms with Crippen molar-refractivity contribution in [3.63, 3.8) is 0 Å². The van der Waals surface area contributed by atoms with Crippen molar-refractivity contribution in [1.29, 1.82) is 0 Å². The molecule has 2 amide bonds. The average molecular weight is 530 g/mol. The van der Waals surface area contributed by atoms with Crippen LogP contribution in [0.2, 0.25) is 5.02 Å². The van der Waals surface area contributed by atoms with Gasteiger partial charge in [0.1, 0.15) is 11.9 Å². The molecule has 2 rings (SSSR count). The van der Waals surface area contributed by atoms with E-state index in [1.165, 1.54) is 17.8 Å². The smallest absolute Gasteiger partial charge is 0.242 e. The van der Waals surface area contributed by atoms with Crippen LogP contribution in [0.1, 0.15) is 38.8 Å². The van der Waals surface area contributed by atoms with Gasteiger partial charge in [0.25, 0.3) is 0 Å². The number of nitrogens with zero attached hydrogens (tertiary/aromatic N) is 1. The number of thioether (sulfide) groups is 1. The van der Waals surface area contributed by atoms with Crippen LogP contribution in [0.4, 0.5) is 4.39 Å². The fraction of sp³-hybridized carbons (Fsp3) is 0.391. The molecule has 31 heavy (non-hydrogen) atoms. The topological polar surface area (TPSA) is 49.4 Å². The Morgan fingerprint density at radius 3 is 2.52 bits per heavy atom. The fourth-order valence-electron chi connectivity index (χ4n) is 2.88. The van der Waals surface area contributed by atoms with Crippen molar-refractivity contribution in [2.45, 2.75) is 51.6 Å². The second-order valence-electron chi connectivity index (χ2n) is 8.26. The molecule has 2 aromatic carbocycles. The van der Waals surface area contributed by atoms with Crippen molar-refractivity contribution in [2.75, 3.05) is 5.75 Å². The van der Waals surface area contributed by atoms with Crippen LogP contribution >= 0.6 is 39.3 Å². The van der Waals surface area contributed by atoms with E-state index >= 15 is 0 Å². The summed E-state index contributed by atoms with van der Waals surface area (Å²) in [6.07, 6.45) is 0. The standard InChI is InChI=1S/C23H27BrClFN2O2S/c1-15(22(30)27-23(2,3)4)28(12-16-7-5-8-17(24)11-16)21(29)14-31-13-18-19(25)9-6-10-20(18)26/h5-11,15H,12-14H2,1-4H3,(H,27,30). The number of halogens is 3. The van der Waals surface area contributed by atoms with Crippen LogP contribution in [0, 0.1) is 5.82 Å². The second-order valence-corrected chi connectivity index (χ2v) is 10.6. The van der Waals surface area contributed by atoms with Gasteiger partial charge in [-0.25, -0.2) is 4.39 Å². The molecule has 0 bridgehead atoms. The van der Waals surface area contributed by atoms with E-state index in [1.807, 2.05) is 45.0 Å². The molecule has 2 aromatic rings. The molecule has 0 aliphatic carbocycles. The lowest BCUT2D eigenvalue weighted by atomic mass is 10.1. The Morgan fingerprint density at radius 1 is 1.23 bits per heavy atom. The number of carbonyl (C=O) groups excluding carboxylic acids is 2. The third-order valence-electron chi connectivity index (χ3n) is 4.44. The van der Waals surface area contributed by atoms with Gasteiger partial charge in [0.05, 0.1) is 5.75 Å². The highest BCUT2D eigenvalue weighted by atomic mass is 79.9. The Morgan fingerprint density at radius 2 is 1.90 bits per heavy atom. The minimum absolute atomic E-state index is 0.103. The third kappa shape index (κ3) is 8.13. The second kappa shape index (κ2) is 11.3. The molecule has 0 aromatic heterocycles. The number of hydrogen-bond donors (Lipinski definition) is 1. The van der Waals surface area contributed by atoms with Gasteiger partial charge in [0, 0.05) is 32.9 Å². The van der Waals surface area contributed by atoms with Gasteiger partial charge in [-0.3, -0.25) is 9.59 Å². The minimum Gasteiger partial charge on any atom is -0.350 e. The van der Waals surface area contributed by atoms with E-state index < -0.39 is 17.4 Å². The molecule has 1 N–H and O–H groups in total. The molecule has 0 saturated heterocycles. The summed E-state index contributed by atoms with van der Waals surface area (Å²) in [5.74, 6) is -0.445. The molecule has 0 aliphatic rings. The average Bonchev–Trinajstić information content (AvgIpc) is 2.66. The van der Waals surface area contributed by atoms with E-state index in [0.717, 1.165) is 10.0 Å². The number of carbonyl (C=O) groups is 2. The summed E-state index contributed by atoms with van der Waals surface area (Å²) in [7, 11) is 0. The largest absolute Gasteiger partial charge is 0.350 e. The van der Waals surface area contributed by atoms with Crippen molar-refractivity contribution in [1.82, 2.24) is 10.2 Å². The Kier molecular flexibility index (Phi) is 9.40. The van der Waals surface area contributed by atoms with E-state index in [-0.39, 0.29) is 29.9 Å². The van der Waals surface area contributed by atoms with Crippen molar-refractivity contribution >= 4 is 51.1 Å². The Bertz CT molecular complexity index is 916. The van der Waals surface area contributed by atoms with E-state index in [1.54, 1.807) is 24.0 Å². The molecule has 0 radical (unpaired) electrons. The zero-order valence-corrected chi connectivity index (χ0v) is 21.2. The van der Waals surface area contributed by atoms with Crippen LogP contribution in [0.5, 0.6) is 0 Å². The molecule has 0 heterocycles. The summed E-state index contributed by atoms with van der Waals surface area (Å²) in [5.41, 5.74) is 0.867. The number of hydrogen-bond acceptors (Lipinski definition) is 3. The molecule has 0 saturated carbocycles. The Hall–Kier alpha value is -1.57. The number of amides is 2. The number of rotatable bonds is 8. The first-order valence-corrected chi connectivity index (χ1v) is 12.2. The normalized spacial score (nSPS) is 12.4. The third-order valence-corrected chi connectivity index (χ3v) is 6.23. The summed E-state index contributed by atoms with van der Waals surface area (Å²) in [4.78, 5) is 27.4. The Balaban J connectivity index is 2.14. The van der Waals surface area contributed by atoms with Gasteiger partial charge in [-0.2, -0.15) is 0 Å². The van der Waals surface area contributed by atoms with Gasteiger partial charge in [-0.1, -0.05) is 45.7 Å². The maximum Gasteiger partial charge on any atom is 0.242 e. The monoisotopic (exact) mass is 528 g/mol. The molecule has 0 spiro atoms. The molecule has 1 unspecified atom stereocenters. The molecule has 4 nitrogen and oxygen atoms in total. The lowest BCUT2D eigenvalue weighted by molar-refractivity contribution is -0.139. The van der Waals surface area contributed by atoms with Crippen LogP contribution in [-0.2, 0) is 21.9 Å². The highest BCUT2D eigenvalue weighted by Gasteiger charge is 2.28. The van der Waals surface area contributed by atoms with Gasteiger partial charge >= 0.3 is 0 Å². The maximum atomic E-state index is 14.0. The van der Waals surface area contributed by atoms with Gasteiger partial charge in [0.15, 0.2) is 0 Å². The lowest BCUT2D eigenvalue weighted by Crippen LogP contribution is -2.52. The van der Waals surface area contributed by atoms with Crippen LogP contribution < -0.4 is 5.32 Å². The quantitative estimate of drug-likeness (QED) is 0.470. The van der Waals surface area contributed by atoms with Gasteiger partial charge < -0.3 is 10.2 Å². The van der Waals surface area contributed by atoms with E-state index in [4.69, 9.17) is 11.6 Å². The maximum absolute atomic E-state index is 14.0.